The van der Waals surface area contributed by atoms with Crippen LogP contribution in [0.2, 0.25) is 0 Å². The number of hydrogen-bond acceptors (Lipinski definition) is 9. The second kappa shape index (κ2) is 23.4. The topological polar surface area (TPSA) is 166 Å². The number of nitro benzene ring substituents is 3. The summed E-state index contributed by atoms with van der Waals surface area (Å²) in [4.78, 5) is 48.7. The van der Waals surface area contributed by atoms with Crippen LogP contribution in [0.15, 0.2) is 167 Å². The van der Waals surface area contributed by atoms with E-state index in [1.54, 1.807) is 36.4 Å². The van der Waals surface area contributed by atoms with Crippen molar-refractivity contribution >= 4 is 51.3 Å². The first kappa shape index (κ1) is 58.4. The van der Waals surface area contributed by atoms with Gasteiger partial charge in [-0.3, -0.25) is 30.3 Å². The number of aliphatic imine (C=N–C) groups is 3. The van der Waals surface area contributed by atoms with E-state index in [0.29, 0.717) is 11.8 Å². The van der Waals surface area contributed by atoms with Gasteiger partial charge in [0.2, 0.25) is 0 Å². The summed E-state index contributed by atoms with van der Waals surface area (Å²) in [6, 6.07) is 49.4. The second-order valence-electron chi connectivity index (χ2n) is 23.2. The molecule has 0 radical (unpaired) electrons. The van der Waals surface area contributed by atoms with Gasteiger partial charge in [0, 0.05) is 69.8 Å². The molecule has 0 fully saturated rings. The number of aryl methyl sites for hydroxylation is 9. The lowest BCUT2D eigenvalue weighted by Gasteiger charge is -2.13. The van der Waals surface area contributed by atoms with Gasteiger partial charge in [0.15, 0.2) is 0 Å². The minimum Gasteiger partial charge on any atom is -0.258 e. The molecule has 85 heavy (non-hydrogen) atoms. The van der Waals surface area contributed by atoms with Crippen molar-refractivity contribution in [3.8, 4) is 33.4 Å². The fourth-order valence-electron chi connectivity index (χ4n) is 12.2. The quantitative estimate of drug-likeness (QED) is 0.103. The van der Waals surface area contributed by atoms with Gasteiger partial charge in [-0.2, -0.15) is 0 Å². The Morgan fingerprint density at radius 1 is 0.365 bits per heavy atom. The number of benzene rings is 9. The first-order chi connectivity index (χ1) is 40.5. The van der Waals surface area contributed by atoms with Crippen LogP contribution < -0.4 is 0 Å². The van der Waals surface area contributed by atoms with Gasteiger partial charge in [0.1, 0.15) is 0 Å². The molecule has 0 aromatic heterocycles. The molecule has 0 atom stereocenters. The fourth-order valence-corrected chi connectivity index (χ4v) is 12.2. The Labute approximate surface area is 496 Å². The van der Waals surface area contributed by atoms with E-state index in [1.165, 1.54) is 16.7 Å². The lowest BCUT2D eigenvalue weighted by molar-refractivity contribution is -0.385. The number of fused-ring (bicyclic) bond motifs is 9. The molecule has 9 aromatic carbocycles. The molecule has 12 rings (SSSR count). The molecular formula is C73H68N6O6. The van der Waals surface area contributed by atoms with Crippen molar-refractivity contribution in [2.75, 3.05) is 0 Å². The van der Waals surface area contributed by atoms with E-state index in [9.17, 15) is 30.3 Å². The van der Waals surface area contributed by atoms with Crippen LogP contribution in [0, 0.1) is 85.7 Å². The third-order valence-electron chi connectivity index (χ3n) is 16.3. The van der Waals surface area contributed by atoms with Crippen LogP contribution in [0.25, 0.3) is 33.4 Å². The van der Waals surface area contributed by atoms with Crippen molar-refractivity contribution in [2.24, 2.45) is 15.0 Å². The molecule has 12 nitrogen and oxygen atoms in total. The van der Waals surface area contributed by atoms with Crippen molar-refractivity contribution in [1.82, 2.24) is 0 Å². The molecule has 3 aliphatic carbocycles. The van der Waals surface area contributed by atoms with E-state index in [1.807, 2.05) is 45.0 Å². The lowest BCUT2D eigenvalue weighted by Crippen LogP contribution is -2.01. The zero-order valence-electron chi connectivity index (χ0n) is 50.4. The van der Waals surface area contributed by atoms with Gasteiger partial charge in [-0.15, -0.1) is 0 Å². The predicted octanol–water partition coefficient (Wildman–Crippen LogP) is 19.5. The van der Waals surface area contributed by atoms with Crippen molar-refractivity contribution in [1.29, 1.82) is 0 Å². The maximum absolute atomic E-state index is 11.5. The smallest absolute Gasteiger partial charge is 0.258 e. The molecule has 0 saturated carbocycles. The van der Waals surface area contributed by atoms with Crippen molar-refractivity contribution in [3.05, 3.63) is 277 Å². The SMILES string of the molecule is CCc1cccc(C)c1N=C1c2cc(C)ccc2-c2c(C)cc([N+](=O)[O-])cc21.Cc1ccc2c(c1)C(=Nc1c(C)cccc1C(C)C)c1cc([N+](=O)[O-])cc(C)c1-2.Cc1ccc2c(c1)C(=Nc1ccccc1C(C)C)c1cc([N+](=O)[O-])cc(C)c1-2. The van der Waals surface area contributed by atoms with Gasteiger partial charge in [0.05, 0.1) is 49.0 Å². The van der Waals surface area contributed by atoms with Crippen LogP contribution in [0.4, 0.5) is 34.1 Å². The average molecular weight is 1130 g/mol. The summed E-state index contributed by atoms with van der Waals surface area (Å²) < 4.78 is 0. The third kappa shape index (κ3) is 11.2. The maximum atomic E-state index is 11.5. The van der Waals surface area contributed by atoms with E-state index >= 15 is 0 Å². The van der Waals surface area contributed by atoms with Crippen LogP contribution >= 0.6 is 0 Å². The van der Waals surface area contributed by atoms with Gasteiger partial charge in [-0.1, -0.05) is 142 Å². The highest BCUT2D eigenvalue weighted by molar-refractivity contribution is 6.28. The van der Waals surface area contributed by atoms with E-state index in [0.717, 1.165) is 152 Å². The van der Waals surface area contributed by atoms with E-state index in [-0.39, 0.29) is 31.8 Å². The molecule has 0 amide bonds. The van der Waals surface area contributed by atoms with E-state index in [4.69, 9.17) is 15.0 Å². The Bertz CT molecular complexity index is 4370. The first-order valence-corrected chi connectivity index (χ1v) is 28.8. The molecule has 0 bridgehead atoms. The third-order valence-corrected chi connectivity index (χ3v) is 16.3. The molecule has 0 unspecified atom stereocenters. The molecule has 3 aliphatic rings. The molecule has 0 N–H and O–H groups in total. The van der Waals surface area contributed by atoms with E-state index < -0.39 is 0 Å². The zero-order valence-corrected chi connectivity index (χ0v) is 50.4. The summed E-state index contributed by atoms with van der Waals surface area (Å²) in [6.07, 6.45) is 0.884. The standard InChI is InChI=1S/C25H24N2O2.2C24H22N2O2/c1-14(2)19-8-6-7-16(4)24(19)26-25-21-11-15(3)9-10-20(21)23-17(5)12-18(27(28)29)13-22(23)25;1-14(2)18-7-5-6-8-22(18)25-24-20-11-15(3)9-10-19(20)23-16(4)12-17(26(27)28)13-21(23)24;1-5-17-8-6-7-15(3)23(17)25-24-20-11-14(2)9-10-19(20)22-16(4)12-18(26(27)28)13-21(22)24/h6-14H,1-5H3;5-14H,1-4H3;6-13H,5H2,1-4H3. The van der Waals surface area contributed by atoms with Gasteiger partial charge in [-0.25, -0.2) is 15.0 Å². The zero-order chi connectivity index (χ0) is 60.9. The number of hydrogen-bond donors (Lipinski definition) is 0. The summed E-state index contributed by atoms with van der Waals surface area (Å²) in [7, 11) is 0. The van der Waals surface area contributed by atoms with Crippen LogP contribution in [0.1, 0.15) is 141 Å². The molecule has 12 heteroatoms. The monoisotopic (exact) mass is 1120 g/mol. The summed E-state index contributed by atoms with van der Waals surface area (Å²) >= 11 is 0. The summed E-state index contributed by atoms with van der Waals surface area (Å²) in [6.45, 7) is 26.8. The van der Waals surface area contributed by atoms with Crippen LogP contribution in [-0.4, -0.2) is 31.9 Å². The Morgan fingerprint density at radius 3 is 1.13 bits per heavy atom. The Kier molecular flexibility index (Phi) is 16.1. The van der Waals surface area contributed by atoms with Gasteiger partial charge >= 0.3 is 0 Å². The molecule has 0 saturated heterocycles. The lowest BCUT2D eigenvalue weighted by atomic mass is 9.97. The Hall–Kier alpha value is -9.81. The van der Waals surface area contributed by atoms with Crippen molar-refractivity contribution in [2.45, 2.75) is 108 Å². The highest BCUT2D eigenvalue weighted by atomic mass is 16.6. The molecule has 0 heterocycles. The minimum atomic E-state index is -0.332. The van der Waals surface area contributed by atoms with Crippen molar-refractivity contribution in [3.63, 3.8) is 0 Å². The predicted molar refractivity (Wildman–Crippen MR) is 346 cm³/mol. The normalized spacial score (nSPS) is 13.6. The number of nitrogens with zero attached hydrogens (tertiary/aromatic N) is 6. The van der Waals surface area contributed by atoms with Crippen LogP contribution in [0.5, 0.6) is 0 Å². The Morgan fingerprint density at radius 2 is 0.729 bits per heavy atom. The molecule has 0 aliphatic heterocycles. The summed E-state index contributed by atoms with van der Waals surface area (Å²) in [5.41, 5.74) is 29.6. The van der Waals surface area contributed by atoms with Gasteiger partial charge in [-0.05, 0) is 176 Å². The van der Waals surface area contributed by atoms with Gasteiger partial charge in [0.25, 0.3) is 17.1 Å². The van der Waals surface area contributed by atoms with E-state index in [2.05, 4.69) is 160 Å². The van der Waals surface area contributed by atoms with Crippen LogP contribution in [0.3, 0.4) is 0 Å². The summed E-state index contributed by atoms with van der Waals surface area (Å²) in [5.74, 6) is 0.671. The largest absolute Gasteiger partial charge is 0.270 e. The minimum absolute atomic E-state index is 0.102. The number of rotatable bonds is 9. The number of nitro groups is 3. The molecule has 9 aromatic rings. The number of para-hydroxylation sites is 3. The first-order valence-electron chi connectivity index (χ1n) is 28.8. The average Bonchev–Trinajstić information content (AvgIpc) is 1.78. The van der Waals surface area contributed by atoms with Crippen LogP contribution in [-0.2, 0) is 6.42 Å². The van der Waals surface area contributed by atoms with Crippen molar-refractivity contribution < 1.29 is 14.8 Å². The maximum Gasteiger partial charge on any atom is 0.270 e. The number of non-ortho nitro benzene ring substituents is 3. The summed E-state index contributed by atoms with van der Waals surface area (Å²) in [5, 5.41) is 34.4. The second-order valence-corrected chi connectivity index (χ2v) is 23.2. The van der Waals surface area contributed by atoms with Gasteiger partial charge < -0.3 is 0 Å². The molecular weight excluding hydrogens is 1060 g/mol. The fraction of sp³-hybridized carbons (Fsp3) is 0.219. The highest BCUT2D eigenvalue weighted by Gasteiger charge is 2.33. The molecule has 426 valence electrons. The Balaban J connectivity index is 0.000000142. The molecule has 0 spiro atoms. The highest BCUT2D eigenvalue weighted by Crippen LogP contribution is 2.47.